The number of alkyl halides is 1. The summed E-state index contributed by atoms with van der Waals surface area (Å²) in [5.41, 5.74) is 3.86. The Labute approximate surface area is 134 Å². The molecule has 0 aliphatic carbocycles. The molecule has 0 spiro atoms. The van der Waals surface area contributed by atoms with E-state index >= 15 is 0 Å². The van der Waals surface area contributed by atoms with Crippen molar-refractivity contribution in [3.8, 4) is 0 Å². The summed E-state index contributed by atoms with van der Waals surface area (Å²) in [6, 6.07) is 25.8. The van der Waals surface area contributed by atoms with Gasteiger partial charge in [0.1, 0.15) is 0 Å². The van der Waals surface area contributed by atoms with E-state index in [1.165, 1.54) is 27.5 Å². The van der Waals surface area contributed by atoms with Crippen molar-refractivity contribution < 1.29 is 0 Å². The van der Waals surface area contributed by atoms with Crippen LogP contribution in [0.5, 0.6) is 0 Å². The molecule has 0 saturated heterocycles. The van der Waals surface area contributed by atoms with Crippen LogP contribution in [-0.4, -0.2) is 5.33 Å². The zero-order valence-electron chi connectivity index (χ0n) is 11.8. The standard InChI is InChI=1S/C20H17Br/c21-14-6-11-20(17-8-2-1-3-9-17)19-13-12-16-7-4-5-10-18(16)15-19/h1-5,7-13,15H,6,14H2/b20-11+. The fraction of sp³-hybridized carbons (Fsp3) is 0.100. The van der Waals surface area contributed by atoms with Gasteiger partial charge >= 0.3 is 0 Å². The number of allylic oxidation sites excluding steroid dienone is 1. The number of hydrogen-bond acceptors (Lipinski definition) is 0. The lowest BCUT2D eigenvalue weighted by atomic mass is 9.95. The summed E-state index contributed by atoms with van der Waals surface area (Å²) in [4.78, 5) is 0. The zero-order valence-corrected chi connectivity index (χ0v) is 13.4. The van der Waals surface area contributed by atoms with Crippen LogP contribution < -0.4 is 0 Å². The van der Waals surface area contributed by atoms with Gasteiger partial charge in [-0.15, -0.1) is 0 Å². The van der Waals surface area contributed by atoms with Crippen molar-refractivity contribution in [2.75, 3.05) is 5.33 Å². The molecule has 3 rings (SSSR count). The molecular formula is C20H17Br. The minimum atomic E-state index is 0.983. The monoisotopic (exact) mass is 336 g/mol. The summed E-state index contributed by atoms with van der Waals surface area (Å²) < 4.78 is 0. The minimum absolute atomic E-state index is 0.983. The lowest BCUT2D eigenvalue weighted by Gasteiger charge is -2.10. The van der Waals surface area contributed by atoms with Gasteiger partial charge in [0, 0.05) is 5.33 Å². The second-order valence-electron chi connectivity index (χ2n) is 5.02. The molecule has 0 aliphatic rings. The fourth-order valence-corrected chi connectivity index (χ4v) is 2.80. The van der Waals surface area contributed by atoms with Gasteiger partial charge in [-0.05, 0) is 40.0 Å². The summed E-state index contributed by atoms with van der Waals surface area (Å²) in [7, 11) is 0. The molecule has 0 aromatic heterocycles. The van der Waals surface area contributed by atoms with Crippen LogP contribution in [0.1, 0.15) is 17.5 Å². The van der Waals surface area contributed by atoms with Crippen molar-refractivity contribution in [2.24, 2.45) is 0 Å². The van der Waals surface area contributed by atoms with Crippen LogP contribution in [0.25, 0.3) is 16.3 Å². The van der Waals surface area contributed by atoms with E-state index < -0.39 is 0 Å². The Hall–Kier alpha value is -1.86. The normalized spacial score (nSPS) is 11.8. The maximum Gasteiger partial charge on any atom is 0.00662 e. The quantitative estimate of drug-likeness (QED) is 0.508. The van der Waals surface area contributed by atoms with Crippen molar-refractivity contribution in [3.05, 3.63) is 90.0 Å². The lowest BCUT2D eigenvalue weighted by Crippen LogP contribution is -1.89. The Kier molecular flexibility index (Phi) is 4.52. The van der Waals surface area contributed by atoms with Crippen LogP contribution >= 0.6 is 15.9 Å². The van der Waals surface area contributed by atoms with Crippen LogP contribution in [0, 0.1) is 0 Å². The molecule has 104 valence electrons. The van der Waals surface area contributed by atoms with Crippen LogP contribution in [0.2, 0.25) is 0 Å². The summed E-state index contributed by atoms with van der Waals surface area (Å²) in [6.07, 6.45) is 3.34. The second kappa shape index (κ2) is 6.73. The molecule has 1 heteroatoms. The van der Waals surface area contributed by atoms with E-state index in [-0.39, 0.29) is 0 Å². The van der Waals surface area contributed by atoms with Crippen molar-refractivity contribution >= 4 is 32.3 Å². The molecule has 3 aromatic rings. The van der Waals surface area contributed by atoms with Gasteiger partial charge in [0.15, 0.2) is 0 Å². The first-order valence-electron chi connectivity index (χ1n) is 7.19. The fourth-order valence-electron chi connectivity index (χ4n) is 2.58. The molecule has 0 bridgehead atoms. The van der Waals surface area contributed by atoms with Gasteiger partial charge in [-0.25, -0.2) is 0 Å². The Morgan fingerprint density at radius 2 is 1.48 bits per heavy atom. The first kappa shape index (κ1) is 14.1. The molecule has 0 saturated carbocycles. The van der Waals surface area contributed by atoms with Crippen LogP contribution in [0.15, 0.2) is 78.9 Å². The van der Waals surface area contributed by atoms with Crippen molar-refractivity contribution in [1.82, 2.24) is 0 Å². The first-order valence-corrected chi connectivity index (χ1v) is 8.31. The van der Waals surface area contributed by atoms with E-state index in [2.05, 4.69) is 94.8 Å². The van der Waals surface area contributed by atoms with Gasteiger partial charge in [-0.2, -0.15) is 0 Å². The van der Waals surface area contributed by atoms with Gasteiger partial charge in [-0.1, -0.05) is 88.7 Å². The smallest absolute Gasteiger partial charge is 0.00662 e. The maximum atomic E-state index is 3.52. The number of hydrogen-bond donors (Lipinski definition) is 0. The van der Waals surface area contributed by atoms with E-state index in [1.54, 1.807) is 0 Å². The third-order valence-corrected chi connectivity index (χ3v) is 4.06. The van der Waals surface area contributed by atoms with Gasteiger partial charge in [-0.3, -0.25) is 0 Å². The number of halogens is 1. The van der Waals surface area contributed by atoms with E-state index in [4.69, 9.17) is 0 Å². The van der Waals surface area contributed by atoms with Crippen molar-refractivity contribution in [3.63, 3.8) is 0 Å². The summed E-state index contributed by atoms with van der Waals surface area (Å²) >= 11 is 3.52. The van der Waals surface area contributed by atoms with E-state index in [1.807, 2.05) is 0 Å². The molecule has 0 amide bonds. The Bertz CT molecular complexity index is 757. The van der Waals surface area contributed by atoms with Crippen LogP contribution in [0.3, 0.4) is 0 Å². The Morgan fingerprint density at radius 1 is 0.762 bits per heavy atom. The average molecular weight is 337 g/mol. The predicted octanol–water partition coefficient (Wildman–Crippen LogP) is 6.06. The molecule has 3 aromatic carbocycles. The van der Waals surface area contributed by atoms with E-state index in [0.29, 0.717) is 0 Å². The van der Waals surface area contributed by atoms with E-state index in [0.717, 1.165) is 11.8 Å². The Morgan fingerprint density at radius 3 is 2.24 bits per heavy atom. The van der Waals surface area contributed by atoms with Crippen LogP contribution in [-0.2, 0) is 0 Å². The molecule has 0 unspecified atom stereocenters. The molecule has 0 heterocycles. The molecule has 0 aliphatic heterocycles. The van der Waals surface area contributed by atoms with Gasteiger partial charge in [0.25, 0.3) is 0 Å². The highest BCUT2D eigenvalue weighted by Crippen LogP contribution is 2.27. The van der Waals surface area contributed by atoms with Gasteiger partial charge in [0.05, 0.1) is 0 Å². The molecule has 0 atom stereocenters. The van der Waals surface area contributed by atoms with Crippen molar-refractivity contribution in [1.29, 1.82) is 0 Å². The molecule has 0 radical (unpaired) electrons. The predicted molar refractivity (Wildman–Crippen MR) is 95.9 cm³/mol. The zero-order chi connectivity index (χ0) is 14.5. The lowest BCUT2D eigenvalue weighted by molar-refractivity contribution is 1.26. The molecule has 21 heavy (non-hydrogen) atoms. The summed E-state index contributed by atoms with van der Waals surface area (Å²) in [5.74, 6) is 0. The van der Waals surface area contributed by atoms with Crippen LogP contribution in [0.4, 0.5) is 0 Å². The Balaban J connectivity index is 2.10. The SMILES string of the molecule is BrCC/C=C(\c1ccccc1)c1ccc2ccccc2c1. The molecular weight excluding hydrogens is 320 g/mol. The average Bonchev–Trinajstić information content (AvgIpc) is 2.56. The highest BCUT2D eigenvalue weighted by atomic mass is 79.9. The second-order valence-corrected chi connectivity index (χ2v) is 5.82. The molecule has 0 fully saturated rings. The topological polar surface area (TPSA) is 0 Å². The third-order valence-electron chi connectivity index (χ3n) is 3.60. The minimum Gasteiger partial charge on any atom is -0.0925 e. The largest absolute Gasteiger partial charge is 0.0925 e. The van der Waals surface area contributed by atoms with Gasteiger partial charge in [0.2, 0.25) is 0 Å². The highest BCUT2D eigenvalue weighted by molar-refractivity contribution is 9.09. The maximum absolute atomic E-state index is 3.52. The van der Waals surface area contributed by atoms with Gasteiger partial charge < -0.3 is 0 Å². The molecule has 0 nitrogen and oxygen atoms in total. The number of benzene rings is 3. The highest BCUT2D eigenvalue weighted by Gasteiger charge is 2.05. The number of fused-ring (bicyclic) bond motifs is 1. The molecule has 0 N–H and O–H groups in total. The van der Waals surface area contributed by atoms with Crippen molar-refractivity contribution in [2.45, 2.75) is 6.42 Å². The number of rotatable bonds is 4. The summed E-state index contributed by atoms with van der Waals surface area (Å²) in [5, 5.41) is 3.56. The first-order chi connectivity index (χ1) is 10.4. The van der Waals surface area contributed by atoms with E-state index in [9.17, 15) is 0 Å². The third kappa shape index (κ3) is 3.25. The summed E-state index contributed by atoms with van der Waals surface area (Å²) in [6.45, 7) is 0.